The van der Waals surface area contributed by atoms with Gasteiger partial charge in [-0.2, -0.15) is 0 Å². The van der Waals surface area contributed by atoms with Crippen molar-refractivity contribution in [2.45, 2.75) is 5.92 Å². The van der Waals surface area contributed by atoms with Crippen molar-refractivity contribution in [3.05, 3.63) is 89.1 Å². The number of nitrogens with zero attached hydrogens (tertiary/aromatic N) is 2. The molecule has 4 aromatic rings. The Morgan fingerprint density at radius 1 is 1.08 bits per heavy atom. The maximum Gasteiger partial charge on any atom is 0.271 e. The minimum atomic E-state index is -2.86. The number of aromatic nitrogens is 1. The van der Waals surface area contributed by atoms with Crippen LogP contribution in [0.3, 0.4) is 0 Å². The third kappa shape index (κ3) is 4.34. The lowest BCUT2D eigenvalue weighted by molar-refractivity contribution is 0.0943. The lowest BCUT2D eigenvalue weighted by atomic mass is 9.90. The van der Waals surface area contributed by atoms with Gasteiger partial charge in [0.1, 0.15) is 24.0 Å². The van der Waals surface area contributed by atoms with Crippen molar-refractivity contribution in [3.8, 4) is 16.9 Å². The van der Waals surface area contributed by atoms with Crippen LogP contribution in [-0.2, 0) is 9.73 Å². The van der Waals surface area contributed by atoms with E-state index >= 15 is 4.39 Å². The highest BCUT2D eigenvalue weighted by Gasteiger charge is 2.36. The van der Waals surface area contributed by atoms with Gasteiger partial charge in [0.15, 0.2) is 11.6 Å². The highest BCUT2D eigenvalue weighted by Crippen LogP contribution is 2.41. The molecule has 200 valence electrons. The Hall–Kier alpha value is -4.19. The molecule has 3 heterocycles. The molecule has 7 nitrogen and oxygen atoms in total. The summed E-state index contributed by atoms with van der Waals surface area (Å²) in [6.45, 7) is 0.672. The number of fused-ring (bicyclic) bond motifs is 2. The van der Waals surface area contributed by atoms with Gasteiger partial charge in [0, 0.05) is 55.9 Å². The van der Waals surface area contributed by atoms with Crippen LogP contribution in [-0.4, -0.2) is 39.8 Å². The molecule has 2 aliphatic heterocycles. The molecule has 0 saturated carbocycles. The van der Waals surface area contributed by atoms with Crippen LogP contribution in [0.2, 0.25) is 0 Å². The number of para-hydroxylation sites is 2. The maximum atomic E-state index is 15.1. The summed E-state index contributed by atoms with van der Waals surface area (Å²) >= 11 is 0. The fourth-order valence-electron chi connectivity index (χ4n) is 5.11. The molecule has 12 heteroatoms. The number of ether oxygens (including phenoxy) is 1. The second-order valence-electron chi connectivity index (χ2n) is 9.40. The SMILES string of the molecule is N=[S@]1(=O)C[C@@H](c2c(C(=O)NN3CCOc4ccccc43)cnc3c(-c4cc(F)cc(F)c4F)c(F)ccc32)C1. The number of carbonyl (C=O) groups is 1. The van der Waals surface area contributed by atoms with Crippen LogP contribution >= 0.6 is 0 Å². The summed E-state index contributed by atoms with van der Waals surface area (Å²) in [6.07, 6.45) is 1.18. The molecule has 6 rings (SSSR count). The summed E-state index contributed by atoms with van der Waals surface area (Å²) in [5.74, 6) is -5.57. The number of hydrogen-bond acceptors (Lipinski definition) is 6. The Bertz CT molecular complexity index is 1770. The van der Waals surface area contributed by atoms with Crippen molar-refractivity contribution in [1.29, 1.82) is 4.78 Å². The van der Waals surface area contributed by atoms with Crippen molar-refractivity contribution in [3.63, 3.8) is 0 Å². The van der Waals surface area contributed by atoms with E-state index in [0.29, 0.717) is 42.3 Å². The fraction of sp³-hybridized carbons (Fsp3) is 0.185. The number of halogens is 4. The van der Waals surface area contributed by atoms with Crippen LogP contribution < -0.4 is 15.2 Å². The Balaban J connectivity index is 1.50. The van der Waals surface area contributed by atoms with E-state index in [1.54, 1.807) is 29.3 Å². The first-order chi connectivity index (χ1) is 18.6. The number of benzene rings is 3. The molecule has 2 N–H and O–H groups in total. The van der Waals surface area contributed by atoms with Crippen molar-refractivity contribution in [1.82, 2.24) is 10.4 Å². The topological polar surface area (TPSA) is 95.4 Å². The van der Waals surface area contributed by atoms with Gasteiger partial charge in [0.25, 0.3) is 5.91 Å². The zero-order chi connectivity index (χ0) is 27.5. The van der Waals surface area contributed by atoms with Crippen molar-refractivity contribution in [2.75, 3.05) is 29.7 Å². The molecule has 0 aliphatic carbocycles. The minimum Gasteiger partial charge on any atom is -0.489 e. The summed E-state index contributed by atoms with van der Waals surface area (Å²) in [4.78, 5) is 17.8. The Morgan fingerprint density at radius 3 is 2.62 bits per heavy atom. The molecule has 39 heavy (non-hydrogen) atoms. The number of amides is 1. The Morgan fingerprint density at radius 2 is 1.85 bits per heavy atom. The summed E-state index contributed by atoms with van der Waals surface area (Å²) in [7, 11) is -2.86. The monoisotopic (exact) mass is 556 g/mol. The lowest BCUT2D eigenvalue weighted by Crippen LogP contribution is -2.47. The van der Waals surface area contributed by atoms with E-state index in [-0.39, 0.29) is 28.0 Å². The molecule has 0 spiro atoms. The first-order valence-corrected chi connectivity index (χ1v) is 13.8. The highest BCUT2D eigenvalue weighted by molar-refractivity contribution is 7.93. The fourth-order valence-corrected chi connectivity index (χ4v) is 6.65. The number of hydrogen-bond donors (Lipinski definition) is 2. The standard InChI is InChI=1S/C27H20F4N4O3S/c28-15-9-17(25(31)20(30)10-15)24-19(29)6-5-16-23(14-12-39(32,37)13-14)18(11-33-26(16)24)27(36)34-35-7-8-38-22-4-2-1-3-21(22)35/h1-6,9-11,14,32H,7-8,12-13H2,(H,34,36)/t14-,39+. The maximum absolute atomic E-state index is 15.1. The molecule has 1 saturated heterocycles. The number of nitrogens with one attached hydrogen (secondary N) is 2. The van der Waals surface area contributed by atoms with E-state index in [0.717, 1.165) is 6.07 Å². The van der Waals surface area contributed by atoms with Gasteiger partial charge in [-0.25, -0.2) is 21.8 Å². The van der Waals surface area contributed by atoms with Gasteiger partial charge in [-0.05, 0) is 35.9 Å². The lowest BCUT2D eigenvalue weighted by Gasteiger charge is -2.33. The van der Waals surface area contributed by atoms with Crippen molar-refractivity contribution < 1.29 is 31.3 Å². The van der Waals surface area contributed by atoms with Crippen LogP contribution in [0.4, 0.5) is 23.2 Å². The van der Waals surface area contributed by atoms with Gasteiger partial charge in [-0.15, -0.1) is 0 Å². The predicted octanol–water partition coefficient (Wildman–Crippen LogP) is 5.15. The van der Waals surface area contributed by atoms with E-state index in [1.165, 1.54) is 12.3 Å². The molecule has 3 aromatic carbocycles. The van der Waals surface area contributed by atoms with Gasteiger partial charge in [0.2, 0.25) is 0 Å². The molecule has 0 radical (unpaired) electrons. The Kier molecular flexibility index (Phi) is 5.94. The minimum absolute atomic E-state index is 0.0392. The van der Waals surface area contributed by atoms with Crippen molar-refractivity contribution >= 4 is 32.2 Å². The molecule has 0 atom stereocenters. The molecule has 1 fully saturated rings. The molecule has 2 aliphatic rings. The van der Waals surface area contributed by atoms with Crippen LogP contribution in [0.1, 0.15) is 21.8 Å². The van der Waals surface area contributed by atoms with Crippen LogP contribution in [0, 0.1) is 28.0 Å². The van der Waals surface area contributed by atoms with E-state index in [4.69, 9.17) is 9.52 Å². The number of pyridine rings is 1. The van der Waals surface area contributed by atoms with Crippen LogP contribution in [0.5, 0.6) is 5.75 Å². The molecular weight excluding hydrogens is 536 g/mol. The molecular formula is C27H20F4N4O3S. The summed E-state index contributed by atoms with van der Waals surface area (Å²) in [5.41, 5.74) is 2.66. The summed E-state index contributed by atoms with van der Waals surface area (Å²) in [6, 6.07) is 10.5. The van der Waals surface area contributed by atoms with Crippen LogP contribution in [0.25, 0.3) is 22.0 Å². The van der Waals surface area contributed by atoms with Gasteiger partial charge in [-0.1, -0.05) is 12.1 Å². The second kappa shape index (κ2) is 9.23. The third-order valence-electron chi connectivity index (χ3n) is 6.85. The quantitative estimate of drug-likeness (QED) is 0.268. The van der Waals surface area contributed by atoms with Gasteiger partial charge >= 0.3 is 0 Å². The normalized spacial score (nSPS) is 20.2. The highest BCUT2D eigenvalue weighted by atomic mass is 32.2. The summed E-state index contributed by atoms with van der Waals surface area (Å²) in [5, 5.41) is 1.84. The zero-order valence-corrected chi connectivity index (χ0v) is 21.0. The first kappa shape index (κ1) is 25.1. The van der Waals surface area contributed by atoms with E-state index in [1.807, 2.05) is 0 Å². The smallest absolute Gasteiger partial charge is 0.271 e. The molecule has 0 bridgehead atoms. The first-order valence-electron chi connectivity index (χ1n) is 11.9. The largest absolute Gasteiger partial charge is 0.489 e. The average molecular weight is 557 g/mol. The second-order valence-corrected chi connectivity index (χ2v) is 11.7. The van der Waals surface area contributed by atoms with E-state index in [2.05, 4.69) is 10.4 Å². The number of rotatable bonds is 4. The Labute approximate surface area is 220 Å². The third-order valence-corrected chi connectivity index (χ3v) is 8.73. The van der Waals surface area contributed by atoms with E-state index < -0.39 is 55.9 Å². The van der Waals surface area contributed by atoms with Crippen molar-refractivity contribution in [2.24, 2.45) is 0 Å². The molecule has 1 amide bonds. The number of hydrazine groups is 1. The number of carbonyl (C=O) groups excluding carboxylic acids is 1. The van der Waals surface area contributed by atoms with E-state index in [9.17, 15) is 22.2 Å². The predicted molar refractivity (Wildman–Crippen MR) is 137 cm³/mol. The molecule has 1 aromatic heterocycles. The van der Waals surface area contributed by atoms with Gasteiger partial charge < -0.3 is 4.74 Å². The molecule has 0 unspecified atom stereocenters. The van der Waals surface area contributed by atoms with Gasteiger partial charge in [0.05, 0.1) is 23.3 Å². The number of anilines is 1. The van der Waals surface area contributed by atoms with Gasteiger partial charge in [-0.3, -0.25) is 25.0 Å². The van der Waals surface area contributed by atoms with Crippen LogP contribution in [0.15, 0.2) is 54.7 Å². The summed E-state index contributed by atoms with van der Waals surface area (Å²) < 4.78 is 83.7. The zero-order valence-electron chi connectivity index (χ0n) is 20.1. The average Bonchev–Trinajstić information content (AvgIpc) is 2.89.